The van der Waals surface area contributed by atoms with Gasteiger partial charge in [0.25, 0.3) is 0 Å². The monoisotopic (exact) mass is 196 g/mol. The maximum absolute atomic E-state index is 11.9. The van der Waals surface area contributed by atoms with Crippen LogP contribution in [0.15, 0.2) is 4.79 Å². The molecule has 0 aromatic carbocycles. The van der Waals surface area contributed by atoms with Crippen molar-refractivity contribution in [2.45, 2.75) is 32.9 Å². The van der Waals surface area contributed by atoms with Crippen molar-refractivity contribution in [1.29, 1.82) is 0 Å². The van der Waals surface area contributed by atoms with Crippen LogP contribution in [0.25, 0.3) is 0 Å². The van der Waals surface area contributed by atoms with Gasteiger partial charge in [-0.05, 0) is 20.8 Å². The summed E-state index contributed by atoms with van der Waals surface area (Å²) in [4.78, 5) is 11.9. The van der Waals surface area contributed by atoms with Crippen molar-refractivity contribution in [3.63, 3.8) is 0 Å². The van der Waals surface area contributed by atoms with E-state index in [1.807, 2.05) is 20.8 Å². The van der Waals surface area contributed by atoms with Gasteiger partial charge in [0.15, 0.2) is 0 Å². The van der Waals surface area contributed by atoms with E-state index in [4.69, 9.17) is 0 Å². The van der Waals surface area contributed by atoms with E-state index >= 15 is 0 Å². The van der Waals surface area contributed by atoms with Gasteiger partial charge >= 0.3 is 5.69 Å². The number of hydrogen-bond donors (Lipinski definition) is 1. The molecule has 5 heteroatoms. The van der Waals surface area contributed by atoms with Crippen LogP contribution in [0.4, 0.5) is 0 Å². The lowest BCUT2D eigenvalue weighted by atomic mass is 10.2. The molecule has 78 valence electrons. The molecule has 14 heavy (non-hydrogen) atoms. The molecule has 1 aromatic heterocycles. The van der Waals surface area contributed by atoms with Crippen LogP contribution in [0.2, 0.25) is 0 Å². The number of nitrogens with zero attached hydrogens (tertiary/aromatic N) is 3. The van der Waals surface area contributed by atoms with Crippen LogP contribution in [-0.4, -0.2) is 27.4 Å². The first kappa shape index (κ1) is 9.45. The Bertz CT molecular complexity index is 386. The molecule has 1 aliphatic rings. The molecule has 0 bridgehead atoms. The summed E-state index contributed by atoms with van der Waals surface area (Å²) in [6.07, 6.45) is 0. The number of aromatic nitrogens is 3. The smallest absolute Gasteiger partial charge is 0.313 e. The average molecular weight is 196 g/mol. The van der Waals surface area contributed by atoms with Gasteiger partial charge in [0.1, 0.15) is 5.82 Å². The summed E-state index contributed by atoms with van der Waals surface area (Å²) in [5.74, 6) is 0.815. The minimum Gasteiger partial charge on any atom is -0.313 e. The molecule has 2 rings (SSSR count). The first-order chi connectivity index (χ1) is 6.61. The van der Waals surface area contributed by atoms with Crippen LogP contribution in [0, 0.1) is 6.92 Å². The fourth-order valence-electron chi connectivity index (χ4n) is 1.71. The van der Waals surface area contributed by atoms with Crippen molar-refractivity contribution in [3.05, 3.63) is 16.3 Å². The third-order valence-electron chi connectivity index (χ3n) is 2.62. The molecule has 1 N–H and O–H groups in total. The fourth-order valence-corrected chi connectivity index (χ4v) is 1.71. The quantitative estimate of drug-likeness (QED) is 0.728. The normalized spacial score (nSPS) is 17.4. The highest BCUT2D eigenvalue weighted by Gasteiger charge is 2.24. The molecule has 0 radical (unpaired) electrons. The van der Waals surface area contributed by atoms with Gasteiger partial charge in [0.05, 0.1) is 12.1 Å². The van der Waals surface area contributed by atoms with E-state index in [-0.39, 0.29) is 11.7 Å². The van der Waals surface area contributed by atoms with E-state index < -0.39 is 0 Å². The molecule has 1 aromatic rings. The standard InChI is InChI=1S/C9H16N4O/c1-6(2)13-9(14)12(7(3)11-13)8-4-10-5-8/h6,8,10H,4-5H2,1-3H3. The van der Waals surface area contributed by atoms with Gasteiger partial charge in [0.2, 0.25) is 0 Å². The molecular weight excluding hydrogens is 180 g/mol. The zero-order valence-electron chi connectivity index (χ0n) is 8.82. The Hall–Kier alpha value is -1.10. The summed E-state index contributed by atoms with van der Waals surface area (Å²) < 4.78 is 3.34. The second kappa shape index (κ2) is 3.24. The molecule has 0 saturated carbocycles. The summed E-state index contributed by atoms with van der Waals surface area (Å²) in [5.41, 5.74) is 0.0176. The zero-order valence-corrected chi connectivity index (χ0v) is 8.82. The van der Waals surface area contributed by atoms with Crippen molar-refractivity contribution in [2.75, 3.05) is 13.1 Å². The predicted molar refractivity (Wildman–Crippen MR) is 53.5 cm³/mol. The lowest BCUT2D eigenvalue weighted by molar-refractivity contribution is 0.328. The van der Waals surface area contributed by atoms with Gasteiger partial charge in [-0.2, -0.15) is 5.10 Å². The molecule has 5 nitrogen and oxygen atoms in total. The SMILES string of the molecule is Cc1nn(C(C)C)c(=O)n1C1CNC1. The van der Waals surface area contributed by atoms with Crippen molar-refractivity contribution in [2.24, 2.45) is 0 Å². The molecule has 0 atom stereocenters. The maximum atomic E-state index is 11.9. The second-order valence-corrected chi connectivity index (χ2v) is 4.05. The van der Waals surface area contributed by atoms with Gasteiger partial charge in [0, 0.05) is 13.1 Å². The summed E-state index contributed by atoms with van der Waals surface area (Å²) in [6, 6.07) is 0.436. The van der Waals surface area contributed by atoms with E-state index in [2.05, 4.69) is 10.4 Å². The Balaban J connectivity index is 2.44. The number of nitrogens with one attached hydrogen (secondary N) is 1. The first-order valence-electron chi connectivity index (χ1n) is 4.99. The van der Waals surface area contributed by atoms with E-state index in [1.54, 1.807) is 9.25 Å². The highest BCUT2D eigenvalue weighted by Crippen LogP contribution is 2.11. The fraction of sp³-hybridized carbons (Fsp3) is 0.778. The van der Waals surface area contributed by atoms with Crippen molar-refractivity contribution < 1.29 is 0 Å². The molecule has 0 aliphatic carbocycles. The summed E-state index contributed by atoms with van der Waals surface area (Å²) in [7, 11) is 0. The van der Waals surface area contributed by atoms with E-state index in [0.29, 0.717) is 6.04 Å². The van der Waals surface area contributed by atoms with E-state index in [1.165, 1.54) is 0 Å². The second-order valence-electron chi connectivity index (χ2n) is 4.05. The van der Waals surface area contributed by atoms with Crippen LogP contribution in [0.3, 0.4) is 0 Å². The lowest BCUT2D eigenvalue weighted by Gasteiger charge is -2.27. The van der Waals surface area contributed by atoms with Crippen LogP contribution >= 0.6 is 0 Å². The molecular formula is C9H16N4O. The third kappa shape index (κ3) is 1.28. The molecule has 0 amide bonds. The lowest BCUT2D eigenvalue weighted by Crippen LogP contribution is -2.47. The van der Waals surface area contributed by atoms with Gasteiger partial charge in [-0.15, -0.1) is 0 Å². The summed E-state index contributed by atoms with van der Waals surface area (Å²) >= 11 is 0. The number of aryl methyl sites for hydroxylation is 1. The van der Waals surface area contributed by atoms with Crippen molar-refractivity contribution in [3.8, 4) is 0 Å². The average Bonchev–Trinajstić information content (AvgIpc) is 2.29. The van der Waals surface area contributed by atoms with E-state index in [0.717, 1.165) is 18.9 Å². The highest BCUT2D eigenvalue weighted by molar-refractivity contribution is 4.93. The molecule has 0 spiro atoms. The van der Waals surface area contributed by atoms with Gasteiger partial charge in [-0.25, -0.2) is 9.48 Å². The predicted octanol–water partition coefficient (Wildman–Crippen LogP) is 0.0784. The topological polar surface area (TPSA) is 51.9 Å². The summed E-state index contributed by atoms with van der Waals surface area (Å²) in [6.45, 7) is 7.59. The molecule has 1 aliphatic heterocycles. The first-order valence-corrected chi connectivity index (χ1v) is 4.99. The van der Waals surface area contributed by atoms with Gasteiger partial charge < -0.3 is 5.32 Å². The number of hydrogen-bond acceptors (Lipinski definition) is 3. The Kier molecular flexibility index (Phi) is 2.19. The van der Waals surface area contributed by atoms with Crippen LogP contribution in [-0.2, 0) is 0 Å². The minimum atomic E-state index is 0.0176. The van der Waals surface area contributed by atoms with Gasteiger partial charge in [-0.3, -0.25) is 4.57 Å². The Morgan fingerprint density at radius 3 is 2.50 bits per heavy atom. The zero-order chi connectivity index (χ0) is 10.3. The number of rotatable bonds is 2. The highest BCUT2D eigenvalue weighted by atomic mass is 16.2. The maximum Gasteiger partial charge on any atom is 0.346 e. The largest absolute Gasteiger partial charge is 0.346 e. The van der Waals surface area contributed by atoms with Gasteiger partial charge in [-0.1, -0.05) is 0 Å². The van der Waals surface area contributed by atoms with Crippen LogP contribution < -0.4 is 11.0 Å². The molecule has 2 heterocycles. The molecule has 1 saturated heterocycles. The minimum absolute atomic E-state index is 0.0176. The van der Waals surface area contributed by atoms with Crippen molar-refractivity contribution >= 4 is 0 Å². The Morgan fingerprint density at radius 1 is 1.50 bits per heavy atom. The third-order valence-corrected chi connectivity index (χ3v) is 2.62. The summed E-state index contributed by atoms with van der Waals surface area (Å²) in [5, 5.41) is 7.41. The van der Waals surface area contributed by atoms with Crippen LogP contribution in [0.1, 0.15) is 31.8 Å². The Labute approximate surface area is 82.7 Å². The molecule has 0 unspecified atom stereocenters. The van der Waals surface area contributed by atoms with E-state index in [9.17, 15) is 4.79 Å². The van der Waals surface area contributed by atoms with Crippen molar-refractivity contribution in [1.82, 2.24) is 19.7 Å². The van der Waals surface area contributed by atoms with Crippen LogP contribution in [0.5, 0.6) is 0 Å². The Morgan fingerprint density at radius 2 is 2.14 bits per heavy atom. The molecule has 1 fully saturated rings.